The largest absolute Gasteiger partial charge is 0.370 e. The van der Waals surface area contributed by atoms with Crippen LogP contribution in [0.15, 0.2) is 48.5 Å². The summed E-state index contributed by atoms with van der Waals surface area (Å²) in [7, 11) is 0. The minimum Gasteiger partial charge on any atom is -0.370 e. The molecule has 1 unspecified atom stereocenters. The minimum absolute atomic E-state index is 0.273. The van der Waals surface area contributed by atoms with Gasteiger partial charge in [0.25, 0.3) is 0 Å². The van der Waals surface area contributed by atoms with E-state index >= 15 is 0 Å². The molecule has 1 atom stereocenters. The summed E-state index contributed by atoms with van der Waals surface area (Å²) in [5.41, 5.74) is 6.22. The summed E-state index contributed by atoms with van der Waals surface area (Å²) in [6.07, 6.45) is 0. The van der Waals surface area contributed by atoms with Crippen molar-refractivity contribution in [2.45, 2.75) is 6.04 Å². The summed E-state index contributed by atoms with van der Waals surface area (Å²) in [5, 5.41) is 2.88. The van der Waals surface area contributed by atoms with Gasteiger partial charge in [-0.05, 0) is 29.8 Å². The van der Waals surface area contributed by atoms with Gasteiger partial charge in [0.15, 0.2) is 11.6 Å². The first kappa shape index (κ1) is 13.0. The van der Waals surface area contributed by atoms with Crippen LogP contribution in [0.25, 0.3) is 0 Å². The Morgan fingerprint density at radius 3 is 2.32 bits per heavy atom. The number of hydrogen-bond acceptors (Lipinski definition) is 2. The fraction of sp³-hybridized carbons (Fsp3) is 0.0714. The summed E-state index contributed by atoms with van der Waals surface area (Å²) in [6, 6.07) is 11.2. The summed E-state index contributed by atoms with van der Waals surface area (Å²) in [5.74, 6) is -2.65. The van der Waals surface area contributed by atoms with Gasteiger partial charge in [0.05, 0.1) is 0 Å². The fourth-order valence-electron chi connectivity index (χ4n) is 1.71. The SMILES string of the molecule is NC(=O)C(Nc1ccccc1)c1ccc(F)c(F)c1. The first-order valence-corrected chi connectivity index (χ1v) is 5.64. The average molecular weight is 262 g/mol. The molecule has 0 aliphatic carbocycles. The van der Waals surface area contributed by atoms with Crippen LogP contribution in [0.4, 0.5) is 14.5 Å². The van der Waals surface area contributed by atoms with E-state index in [1.807, 2.05) is 6.07 Å². The second kappa shape index (κ2) is 5.48. The van der Waals surface area contributed by atoms with E-state index in [4.69, 9.17) is 5.73 Å². The Labute approximate surface area is 109 Å². The van der Waals surface area contributed by atoms with E-state index in [1.165, 1.54) is 6.07 Å². The molecule has 0 bridgehead atoms. The molecular weight excluding hydrogens is 250 g/mol. The van der Waals surface area contributed by atoms with E-state index in [0.29, 0.717) is 5.69 Å². The number of nitrogens with two attached hydrogens (primary N) is 1. The summed E-state index contributed by atoms with van der Waals surface area (Å²) < 4.78 is 26.1. The second-order valence-electron chi connectivity index (χ2n) is 4.02. The van der Waals surface area contributed by atoms with Crippen molar-refractivity contribution in [1.82, 2.24) is 0 Å². The molecule has 3 N–H and O–H groups in total. The van der Waals surface area contributed by atoms with Crippen LogP contribution in [-0.4, -0.2) is 5.91 Å². The molecular formula is C14H12F2N2O. The lowest BCUT2D eigenvalue weighted by atomic mass is 10.1. The molecule has 0 aromatic heterocycles. The molecule has 2 aromatic carbocycles. The van der Waals surface area contributed by atoms with E-state index in [9.17, 15) is 13.6 Å². The predicted octanol–water partition coefficient (Wildman–Crippen LogP) is 2.60. The highest BCUT2D eigenvalue weighted by Gasteiger charge is 2.19. The van der Waals surface area contributed by atoms with E-state index in [0.717, 1.165) is 12.1 Å². The number of rotatable bonds is 4. The van der Waals surface area contributed by atoms with Gasteiger partial charge >= 0.3 is 0 Å². The Balaban J connectivity index is 2.30. The average Bonchev–Trinajstić information content (AvgIpc) is 2.40. The summed E-state index contributed by atoms with van der Waals surface area (Å²) in [6.45, 7) is 0. The molecule has 0 heterocycles. The highest BCUT2D eigenvalue weighted by molar-refractivity contribution is 5.84. The van der Waals surface area contributed by atoms with Gasteiger partial charge in [-0.2, -0.15) is 0 Å². The quantitative estimate of drug-likeness (QED) is 0.889. The van der Waals surface area contributed by atoms with Crippen LogP contribution in [0, 0.1) is 11.6 Å². The monoisotopic (exact) mass is 262 g/mol. The van der Waals surface area contributed by atoms with Gasteiger partial charge in [0.2, 0.25) is 5.91 Å². The molecule has 0 saturated heterocycles. The van der Waals surface area contributed by atoms with Crippen molar-refractivity contribution in [3.63, 3.8) is 0 Å². The van der Waals surface area contributed by atoms with Crippen LogP contribution in [-0.2, 0) is 4.79 Å². The van der Waals surface area contributed by atoms with Gasteiger partial charge in [-0.1, -0.05) is 24.3 Å². The zero-order valence-corrected chi connectivity index (χ0v) is 9.94. The smallest absolute Gasteiger partial charge is 0.244 e. The lowest BCUT2D eigenvalue weighted by Gasteiger charge is -2.17. The van der Waals surface area contributed by atoms with Crippen molar-refractivity contribution < 1.29 is 13.6 Å². The van der Waals surface area contributed by atoms with Crippen molar-refractivity contribution in [2.24, 2.45) is 5.73 Å². The summed E-state index contributed by atoms with van der Waals surface area (Å²) >= 11 is 0. The molecule has 19 heavy (non-hydrogen) atoms. The normalized spacial score (nSPS) is 11.9. The second-order valence-corrected chi connectivity index (χ2v) is 4.02. The maximum absolute atomic E-state index is 13.2. The van der Waals surface area contributed by atoms with E-state index in [2.05, 4.69) is 5.32 Å². The van der Waals surface area contributed by atoms with Crippen molar-refractivity contribution >= 4 is 11.6 Å². The number of carbonyl (C=O) groups excluding carboxylic acids is 1. The highest BCUT2D eigenvalue weighted by atomic mass is 19.2. The Kier molecular flexibility index (Phi) is 3.75. The van der Waals surface area contributed by atoms with Gasteiger partial charge in [-0.3, -0.25) is 4.79 Å². The lowest BCUT2D eigenvalue weighted by Crippen LogP contribution is -2.27. The van der Waals surface area contributed by atoms with Crippen LogP contribution >= 0.6 is 0 Å². The van der Waals surface area contributed by atoms with Gasteiger partial charge in [-0.25, -0.2) is 8.78 Å². The highest BCUT2D eigenvalue weighted by Crippen LogP contribution is 2.21. The molecule has 0 spiro atoms. The van der Waals surface area contributed by atoms with E-state index in [-0.39, 0.29) is 5.56 Å². The van der Waals surface area contributed by atoms with E-state index < -0.39 is 23.6 Å². The Morgan fingerprint density at radius 1 is 1.05 bits per heavy atom. The van der Waals surface area contributed by atoms with Crippen molar-refractivity contribution in [1.29, 1.82) is 0 Å². The number of benzene rings is 2. The Hall–Kier alpha value is -2.43. The zero-order chi connectivity index (χ0) is 13.8. The standard InChI is InChI=1S/C14H12F2N2O/c15-11-7-6-9(8-12(11)16)13(14(17)19)18-10-4-2-1-3-5-10/h1-8,13,18H,(H2,17,19). The van der Waals surface area contributed by atoms with Crippen LogP contribution in [0.1, 0.15) is 11.6 Å². The fourth-order valence-corrected chi connectivity index (χ4v) is 1.71. The van der Waals surface area contributed by atoms with Crippen LogP contribution in [0.5, 0.6) is 0 Å². The molecule has 98 valence electrons. The molecule has 2 aromatic rings. The maximum Gasteiger partial charge on any atom is 0.244 e. The third-order valence-electron chi connectivity index (χ3n) is 2.65. The van der Waals surface area contributed by atoms with E-state index in [1.54, 1.807) is 24.3 Å². The number of para-hydroxylation sites is 1. The number of primary amides is 1. The molecule has 0 aliphatic heterocycles. The van der Waals surface area contributed by atoms with Crippen molar-refractivity contribution in [2.75, 3.05) is 5.32 Å². The van der Waals surface area contributed by atoms with Gasteiger partial charge in [-0.15, -0.1) is 0 Å². The van der Waals surface area contributed by atoms with Crippen LogP contribution in [0.2, 0.25) is 0 Å². The van der Waals surface area contributed by atoms with Crippen LogP contribution < -0.4 is 11.1 Å². The molecule has 0 aliphatic rings. The number of hydrogen-bond donors (Lipinski definition) is 2. The third kappa shape index (κ3) is 3.07. The Morgan fingerprint density at radius 2 is 1.74 bits per heavy atom. The molecule has 5 heteroatoms. The number of nitrogens with one attached hydrogen (secondary N) is 1. The molecule has 1 amide bonds. The number of anilines is 1. The number of carbonyl (C=O) groups is 1. The third-order valence-corrected chi connectivity index (χ3v) is 2.65. The minimum atomic E-state index is -1.02. The summed E-state index contributed by atoms with van der Waals surface area (Å²) in [4.78, 5) is 11.4. The maximum atomic E-state index is 13.2. The predicted molar refractivity (Wildman–Crippen MR) is 68.4 cm³/mol. The zero-order valence-electron chi connectivity index (χ0n) is 9.94. The first-order valence-electron chi connectivity index (χ1n) is 5.64. The molecule has 0 saturated carbocycles. The molecule has 0 fully saturated rings. The Bertz CT molecular complexity index is 587. The molecule has 3 nitrogen and oxygen atoms in total. The number of amides is 1. The van der Waals surface area contributed by atoms with Gasteiger partial charge < -0.3 is 11.1 Å². The van der Waals surface area contributed by atoms with Crippen molar-refractivity contribution in [3.05, 3.63) is 65.7 Å². The van der Waals surface area contributed by atoms with Crippen molar-refractivity contribution in [3.8, 4) is 0 Å². The first-order chi connectivity index (χ1) is 9.08. The molecule has 2 rings (SSSR count). The lowest BCUT2D eigenvalue weighted by molar-refractivity contribution is -0.118. The topological polar surface area (TPSA) is 55.1 Å². The number of halogens is 2. The van der Waals surface area contributed by atoms with Gasteiger partial charge in [0, 0.05) is 5.69 Å². The molecule has 0 radical (unpaired) electrons. The van der Waals surface area contributed by atoms with Crippen LogP contribution in [0.3, 0.4) is 0 Å². The van der Waals surface area contributed by atoms with Gasteiger partial charge in [0.1, 0.15) is 6.04 Å².